The van der Waals surface area contributed by atoms with Crippen molar-refractivity contribution in [1.29, 1.82) is 0 Å². The first-order chi connectivity index (χ1) is 13.5. The van der Waals surface area contributed by atoms with E-state index in [4.69, 9.17) is 14.0 Å². The minimum absolute atomic E-state index is 0.0750. The molecule has 1 aromatic carbocycles. The summed E-state index contributed by atoms with van der Waals surface area (Å²) in [5, 5.41) is 1.33. The molecule has 0 saturated heterocycles. The first-order valence-electron chi connectivity index (χ1n) is 10.3. The van der Waals surface area contributed by atoms with Crippen LogP contribution in [0.15, 0.2) is 59.1 Å². The van der Waals surface area contributed by atoms with Crippen LogP contribution in [0.4, 0.5) is 0 Å². The number of nitrogens with zero attached hydrogens (tertiary/aromatic N) is 2. The molecule has 0 bridgehead atoms. The van der Waals surface area contributed by atoms with Gasteiger partial charge >= 0.3 is 0 Å². The molecule has 0 unspecified atom stereocenters. The van der Waals surface area contributed by atoms with Gasteiger partial charge < -0.3 is 4.42 Å². The predicted molar refractivity (Wildman–Crippen MR) is 88.8 cm³/mol. The zero-order chi connectivity index (χ0) is 21.0. The fourth-order valence-electron chi connectivity index (χ4n) is 2.54. The van der Waals surface area contributed by atoms with Crippen LogP contribution in [0.1, 0.15) is 34.9 Å². The number of benzene rings is 1. The van der Waals surface area contributed by atoms with E-state index in [-0.39, 0.29) is 11.4 Å². The molecular weight excluding hydrogens is 272 g/mol. The van der Waals surface area contributed by atoms with E-state index in [0.29, 0.717) is 16.7 Å². The number of rotatable bonds is 2. The highest BCUT2D eigenvalue weighted by Gasteiger charge is 2.14. The van der Waals surface area contributed by atoms with E-state index in [9.17, 15) is 0 Å². The van der Waals surface area contributed by atoms with Crippen molar-refractivity contribution >= 4 is 22.1 Å². The molecule has 0 fully saturated rings. The third kappa shape index (κ3) is 1.98. The van der Waals surface area contributed by atoms with Crippen LogP contribution in [-0.2, 0) is 0 Å². The molecule has 0 aliphatic carbocycles. The second kappa shape index (κ2) is 4.95. The predicted octanol–water partition coefficient (Wildman–Crippen LogP) is 5.17. The van der Waals surface area contributed by atoms with Crippen molar-refractivity contribution in [3.05, 3.63) is 60.4 Å². The van der Waals surface area contributed by atoms with Gasteiger partial charge in [0.2, 0.25) is 5.71 Å². The molecule has 3 nitrogen and oxygen atoms in total. The van der Waals surface area contributed by atoms with Crippen LogP contribution in [0.2, 0.25) is 0 Å². The molecule has 0 saturated carbocycles. The van der Waals surface area contributed by atoms with Crippen LogP contribution in [-0.4, -0.2) is 9.97 Å². The summed E-state index contributed by atoms with van der Waals surface area (Å²) in [5.74, 6) is -2.88. The molecule has 3 heterocycles. The Kier molecular flexibility index (Phi) is 1.70. The van der Waals surface area contributed by atoms with Crippen LogP contribution in [0.5, 0.6) is 0 Å². The Bertz CT molecular complexity index is 1180. The smallest absolute Gasteiger partial charge is 0.227 e. The maximum Gasteiger partial charge on any atom is 0.227 e. The van der Waals surface area contributed by atoms with Gasteiger partial charge in [0.25, 0.3) is 0 Å². The lowest BCUT2D eigenvalue weighted by Crippen LogP contribution is -1.90. The molecule has 0 aliphatic heterocycles. The van der Waals surface area contributed by atoms with Gasteiger partial charge in [-0.05, 0) is 36.2 Å². The summed E-state index contributed by atoms with van der Waals surface area (Å²) < 4.78 is 60.1. The van der Waals surface area contributed by atoms with Gasteiger partial charge in [0.1, 0.15) is 5.58 Å². The van der Waals surface area contributed by atoms with Gasteiger partial charge in [-0.3, -0.25) is 4.98 Å². The number of hydrogen-bond donors (Lipinski definition) is 0. The first-order valence-corrected chi connectivity index (χ1v) is 6.78. The van der Waals surface area contributed by atoms with E-state index in [1.807, 2.05) is 30.3 Å². The van der Waals surface area contributed by atoms with Crippen molar-refractivity contribution in [3.63, 3.8) is 0 Å². The molecule has 3 heteroatoms. The molecule has 22 heavy (non-hydrogen) atoms. The molecule has 0 N–H and O–H groups in total. The minimum Gasteiger partial charge on any atom is -0.437 e. The highest BCUT2D eigenvalue weighted by atomic mass is 16.3. The molecule has 0 radical (unpaired) electrons. The van der Waals surface area contributed by atoms with Crippen LogP contribution in [0, 0.1) is 0 Å². The van der Waals surface area contributed by atoms with Crippen molar-refractivity contribution in [1.82, 2.24) is 9.97 Å². The lowest BCUT2D eigenvalue weighted by molar-refractivity contribution is 0.648. The fraction of sp³-hybridized carbons (Fsp3) is 0.158. The van der Waals surface area contributed by atoms with E-state index >= 15 is 0 Å². The molecule has 0 aliphatic rings. The van der Waals surface area contributed by atoms with Crippen LogP contribution >= 0.6 is 0 Å². The number of pyridine rings is 2. The number of hydrogen-bond acceptors (Lipinski definition) is 3. The number of para-hydroxylation sites is 1. The molecule has 0 amide bonds. The zero-order valence-electron chi connectivity index (χ0n) is 18.5. The van der Waals surface area contributed by atoms with Crippen molar-refractivity contribution in [2.75, 3.05) is 0 Å². The minimum atomic E-state index is -3.11. The summed E-state index contributed by atoms with van der Waals surface area (Å²) in [4.78, 5) is 8.49. The fourth-order valence-corrected chi connectivity index (χ4v) is 2.54. The molecular formula is C19H16N2O. The molecule has 0 atom stereocenters. The molecule has 4 rings (SSSR count). The van der Waals surface area contributed by atoms with Crippen molar-refractivity contribution in [2.45, 2.75) is 19.6 Å². The molecule has 4 aromatic rings. The SMILES string of the molecule is [2H]C([2H])([2H])C([2H])(c1ccc2c(n1)oc1c(-c3ccccn3)cccc12)C([2H])([2H])[2H]. The maximum absolute atomic E-state index is 8.31. The highest BCUT2D eigenvalue weighted by Crippen LogP contribution is 2.34. The number of fused-ring (bicyclic) bond motifs is 3. The summed E-state index contributed by atoms with van der Waals surface area (Å²) in [7, 11) is 0. The number of furan rings is 1. The monoisotopic (exact) mass is 295 g/mol. The van der Waals surface area contributed by atoms with E-state index < -0.39 is 19.6 Å². The molecule has 108 valence electrons. The second-order valence-electron chi connectivity index (χ2n) is 4.92. The quantitative estimate of drug-likeness (QED) is 0.512. The van der Waals surface area contributed by atoms with Gasteiger partial charge in [-0.1, -0.05) is 31.9 Å². The molecule has 3 aromatic heterocycles. The summed E-state index contributed by atoms with van der Waals surface area (Å²) in [5.41, 5.74) is 1.61. The Balaban J connectivity index is 1.97. The Morgan fingerprint density at radius 1 is 1.05 bits per heavy atom. The van der Waals surface area contributed by atoms with Crippen LogP contribution in [0.25, 0.3) is 33.3 Å². The van der Waals surface area contributed by atoms with Crippen molar-refractivity contribution in [3.8, 4) is 11.3 Å². The first kappa shape index (κ1) is 7.54. The second-order valence-corrected chi connectivity index (χ2v) is 4.92. The van der Waals surface area contributed by atoms with Gasteiger partial charge in [-0.15, -0.1) is 0 Å². The largest absolute Gasteiger partial charge is 0.437 e. The van der Waals surface area contributed by atoms with Crippen molar-refractivity contribution in [2.24, 2.45) is 0 Å². The normalized spacial score (nSPS) is 17.9. The van der Waals surface area contributed by atoms with Gasteiger partial charge in [-0.2, -0.15) is 0 Å². The van der Waals surface area contributed by atoms with E-state index in [0.717, 1.165) is 10.9 Å². The van der Waals surface area contributed by atoms with Crippen molar-refractivity contribution < 1.29 is 14.0 Å². The summed E-state index contributed by atoms with van der Waals surface area (Å²) in [6.07, 6.45) is 1.66. The van der Waals surface area contributed by atoms with Gasteiger partial charge in [0.15, 0.2) is 0 Å². The van der Waals surface area contributed by atoms with Gasteiger partial charge in [0.05, 0.1) is 5.69 Å². The van der Waals surface area contributed by atoms with Crippen LogP contribution < -0.4 is 0 Å². The van der Waals surface area contributed by atoms with Gasteiger partial charge in [-0.25, -0.2) is 4.98 Å². The van der Waals surface area contributed by atoms with E-state index in [1.54, 1.807) is 18.3 Å². The third-order valence-electron chi connectivity index (χ3n) is 3.56. The van der Waals surface area contributed by atoms with E-state index in [2.05, 4.69) is 9.97 Å². The summed E-state index contributed by atoms with van der Waals surface area (Å²) >= 11 is 0. The zero-order valence-corrected chi connectivity index (χ0v) is 11.5. The number of aromatic nitrogens is 2. The third-order valence-corrected chi connectivity index (χ3v) is 3.56. The summed E-state index contributed by atoms with van der Waals surface area (Å²) in [6, 6.07) is 13.8. The van der Waals surface area contributed by atoms with Crippen LogP contribution in [0.3, 0.4) is 0 Å². The van der Waals surface area contributed by atoms with E-state index in [1.165, 1.54) is 6.07 Å². The lowest BCUT2D eigenvalue weighted by atomic mass is 10.1. The average molecular weight is 295 g/mol. The topological polar surface area (TPSA) is 38.9 Å². The Hall–Kier alpha value is -2.68. The summed E-state index contributed by atoms with van der Waals surface area (Å²) in [6.45, 7) is -6.21. The lowest BCUT2D eigenvalue weighted by Gasteiger charge is -2.02. The average Bonchev–Trinajstić information content (AvgIpc) is 3.04. The molecule has 0 spiro atoms. The maximum atomic E-state index is 8.31. The Morgan fingerprint density at radius 2 is 2.00 bits per heavy atom. The highest BCUT2D eigenvalue weighted by molar-refractivity contribution is 6.08. The Morgan fingerprint density at radius 3 is 2.82 bits per heavy atom. The standard InChI is InChI=1S/C19H16N2O/c1-12(2)16-10-9-14-13-6-5-7-15(17-8-3-4-11-20-17)18(13)22-19(14)21-16/h3-12H,1-2H3/i1D3,2D3,12D. The van der Waals surface area contributed by atoms with Gasteiger partial charge in [0, 0.05) is 37.8 Å². The Labute approximate surface area is 138 Å².